The van der Waals surface area contributed by atoms with Gasteiger partial charge in [0.1, 0.15) is 0 Å². The summed E-state index contributed by atoms with van der Waals surface area (Å²) in [6.45, 7) is 0.500. The lowest BCUT2D eigenvalue weighted by Crippen LogP contribution is -2.00. The molecule has 0 bridgehead atoms. The molecule has 4 heteroatoms. The molecule has 0 fully saturated rings. The summed E-state index contributed by atoms with van der Waals surface area (Å²) < 4.78 is 0. The molecule has 3 N–H and O–H groups in total. The van der Waals surface area contributed by atoms with Gasteiger partial charge in [0.05, 0.1) is 0 Å². The van der Waals surface area contributed by atoms with Gasteiger partial charge in [-0.25, -0.2) is 9.97 Å². The van der Waals surface area contributed by atoms with Crippen molar-refractivity contribution in [3.63, 3.8) is 0 Å². The third kappa shape index (κ3) is 3.07. The van der Waals surface area contributed by atoms with E-state index >= 15 is 0 Å². The SMILES string of the molecule is NCc1ccccc1-c1cnc(Nc2ccccc2)nc1. The second-order valence-corrected chi connectivity index (χ2v) is 4.65. The molecule has 0 saturated heterocycles. The van der Waals surface area contributed by atoms with Gasteiger partial charge in [-0.05, 0) is 23.3 Å². The lowest BCUT2D eigenvalue weighted by Gasteiger charge is -2.08. The Kier molecular flexibility index (Phi) is 3.89. The van der Waals surface area contributed by atoms with Gasteiger partial charge < -0.3 is 11.1 Å². The zero-order valence-electron chi connectivity index (χ0n) is 11.5. The van der Waals surface area contributed by atoms with E-state index in [1.54, 1.807) is 0 Å². The minimum absolute atomic E-state index is 0.500. The van der Waals surface area contributed by atoms with Crippen LogP contribution in [0.2, 0.25) is 0 Å². The van der Waals surface area contributed by atoms with Crippen molar-refractivity contribution in [1.82, 2.24) is 9.97 Å². The molecule has 104 valence electrons. The van der Waals surface area contributed by atoms with E-state index in [1.807, 2.05) is 67.0 Å². The van der Waals surface area contributed by atoms with Gasteiger partial charge in [0.25, 0.3) is 0 Å². The molecular formula is C17H16N4. The summed E-state index contributed by atoms with van der Waals surface area (Å²) >= 11 is 0. The van der Waals surface area contributed by atoms with Crippen LogP contribution in [-0.2, 0) is 6.54 Å². The normalized spacial score (nSPS) is 10.3. The van der Waals surface area contributed by atoms with Gasteiger partial charge in [-0.1, -0.05) is 42.5 Å². The second-order valence-electron chi connectivity index (χ2n) is 4.65. The van der Waals surface area contributed by atoms with E-state index in [-0.39, 0.29) is 0 Å². The van der Waals surface area contributed by atoms with Crippen molar-refractivity contribution in [1.29, 1.82) is 0 Å². The van der Waals surface area contributed by atoms with E-state index in [0.717, 1.165) is 22.4 Å². The highest BCUT2D eigenvalue weighted by Crippen LogP contribution is 2.23. The Morgan fingerprint density at radius 3 is 2.24 bits per heavy atom. The van der Waals surface area contributed by atoms with Gasteiger partial charge in [0.2, 0.25) is 5.95 Å². The molecule has 3 aromatic rings. The van der Waals surface area contributed by atoms with Crippen molar-refractivity contribution < 1.29 is 0 Å². The molecule has 0 radical (unpaired) electrons. The van der Waals surface area contributed by atoms with Crippen LogP contribution in [0.3, 0.4) is 0 Å². The van der Waals surface area contributed by atoms with Crippen molar-refractivity contribution >= 4 is 11.6 Å². The highest BCUT2D eigenvalue weighted by Gasteiger charge is 2.05. The van der Waals surface area contributed by atoms with E-state index in [4.69, 9.17) is 5.73 Å². The van der Waals surface area contributed by atoms with Crippen LogP contribution in [0.4, 0.5) is 11.6 Å². The van der Waals surface area contributed by atoms with Gasteiger partial charge in [0.15, 0.2) is 0 Å². The number of rotatable bonds is 4. The first-order valence-corrected chi connectivity index (χ1v) is 6.79. The van der Waals surface area contributed by atoms with Crippen molar-refractivity contribution in [3.05, 3.63) is 72.6 Å². The van der Waals surface area contributed by atoms with Crippen LogP contribution in [0.25, 0.3) is 11.1 Å². The van der Waals surface area contributed by atoms with Crippen LogP contribution in [0.5, 0.6) is 0 Å². The molecular weight excluding hydrogens is 260 g/mol. The van der Waals surface area contributed by atoms with Gasteiger partial charge in [-0.3, -0.25) is 0 Å². The molecule has 0 saturated carbocycles. The van der Waals surface area contributed by atoms with Crippen LogP contribution < -0.4 is 11.1 Å². The average Bonchev–Trinajstić information content (AvgIpc) is 2.56. The molecule has 21 heavy (non-hydrogen) atoms. The molecule has 3 rings (SSSR count). The lowest BCUT2D eigenvalue weighted by molar-refractivity contribution is 1.07. The Morgan fingerprint density at radius 1 is 0.857 bits per heavy atom. The number of nitrogens with two attached hydrogens (primary N) is 1. The zero-order chi connectivity index (χ0) is 14.5. The molecule has 0 spiro atoms. The van der Waals surface area contributed by atoms with Crippen LogP contribution in [0, 0.1) is 0 Å². The molecule has 0 aliphatic carbocycles. The summed E-state index contributed by atoms with van der Waals surface area (Å²) in [4.78, 5) is 8.73. The predicted molar refractivity (Wildman–Crippen MR) is 85.1 cm³/mol. The van der Waals surface area contributed by atoms with Crippen LogP contribution in [0.15, 0.2) is 67.0 Å². The van der Waals surface area contributed by atoms with Crippen LogP contribution in [-0.4, -0.2) is 9.97 Å². The molecule has 0 atom stereocenters. The van der Waals surface area contributed by atoms with E-state index < -0.39 is 0 Å². The van der Waals surface area contributed by atoms with E-state index in [2.05, 4.69) is 15.3 Å². The number of benzene rings is 2. The van der Waals surface area contributed by atoms with E-state index in [0.29, 0.717) is 12.5 Å². The number of nitrogens with one attached hydrogen (secondary N) is 1. The average molecular weight is 276 g/mol. The summed E-state index contributed by atoms with van der Waals surface area (Å²) in [6, 6.07) is 17.9. The molecule has 0 unspecified atom stereocenters. The first-order chi connectivity index (χ1) is 10.4. The number of anilines is 2. The second kappa shape index (κ2) is 6.15. The Morgan fingerprint density at radius 2 is 1.52 bits per heavy atom. The number of nitrogens with zero attached hydrogens (tertiary/aromatic N) is 2. The lowest BCUT2D eigenvalue weighted by atomic mass is 10.0. The molecule has 0 amide bonds. The fourth-order valence-electron chi connectivity index (χ4n) is 2.16. The van der Waals surface area contributed by atoms with Crippen LogP contribution >= 0.6 is 0 Å². The third-order valence-electron chi connectivity index (χ3n) is 3.23. The van der Waals surface area contributed by atoms with Crippen molar-refractivity contribution in [2.45, 2.75) is 6.54 Å². The minimum Gasteiger partial charge on any atom is -0.326 e. The van der Waals surface area contributed by atoms with E-state index in [9.17, 15) is 0 Å². The summed E-state index contributed by atoms with van der Waals surface area (Å²) in [5.41, 5.74) is 9.86. The monoisotopic (exact) mass is 276 g/mol. The first kappa shape index (κ1) is 13.3. The highest BCUT2D eigenvalue weighted by atomic mass is 15.1. The highest BCUT2D eigenvalue weighted by molar-refractivity contribution is 5.66. The van der Waals surface area contributed by atoms with Gasteiger partial charge in [-0.2, -0.15) is 0 Å². The van der Waals surface area contributed by atoms with Crippen molar-refractivity contribution in [2.24, 2.45) is 5.73 Å². The fourth-order valence-corrected chi connectivity index (χ4v) is 2.16. The standard InChI is InChI=1S/C17H16N4/c18-10-13-6-4-5-9-16(13)14-11-19-17(20-12-14)21-15-7-2-1-3-8-15/h1-9,11-12H,10,18H2,(H,19,20,21). The van der Waals surface area contributed by atoms with Crippen molar-refractivity contribution in [2.75, 3.05) is 5.32 Å². The van der Waals surface area contributed by atoms with Crippen molar-refractivity contribution in [3.8, 4) is 11.1 Å². The first-order valence-electron chi connectivity index (χ1n) is 6.79. The van der Waals surface area contributed by atoms with Gasteiger partial charge in [0, 0.05) is 30.2 Å². The zero-order valence-corrected chi connectivity index (χ0v) is 11.5. The Balaban J connectivity index is 1.84. The topological polar surface area (TPSA) is 63.8 Å². The number of hydrogen-bond donors (Lipinski definition) is 2. The van der Waals surface area contributed by atoms with Gasteiger partial charge in [-0.15, -0.1) is 0 Å². The quantitative estimate of drug-likeness (QED) is 0.767. The van der Waals surface area contributed by atoms with Gasteiger partial charge >= 0.3 is 0 Å². The summed E-state index contributed by atoms with van der Waals surface area (Å²) in [5.74, 6) is 0.579. The summed E-state index contributed by atoms with van der Waals surface area (Å²) in [6.07, 6.45) is 3.62. The predicted octanol–water partition coefficient (Wildman–Crippen LogP) is 3.35. The minimum atomic E-state index is 0.500. The summed E-state index contributed by atoms with van der Waals surface area (Å²) in [7, 11) is 0. The molecule has 2 aromatic carbocycles. The number of hydrogen-bond acceptors (Lipinski definition) is 4. The molecule has 0 aliphatic rings. The number of aromatic nitrogens is 2. The Hall–Kier alpha value is -2.72. The maximum Gasteiger partial charge on any atom is 0.227 e. The van der Waals surface area contributed by atoms with Crippen LogP contribution in [0.1, 0.15) is 5.56 Å². The largest absolute Gasteiger partial charge is 0.326 e. The fraction of sp³-hybridized carbons (Fsp3) is 0.0588. The maximum absolute atomic E-state index is 5.77. The molecule has 4 nitrogen and oxygen atoms in total. The van der Waals surface area contributed by atoms with E-state index in [1.165, 1.54) is 0 Å². The molecule has 1 heterocycles. The summed E-state index contributed by atoms with van der Waals surface area (Å²) in [5, 5.41) is 3.16. The number of para-hydroxylation sites is 1. The maximum atomic E-state index is 5.77. The Labute approximate surface area is 123 Å². The molecule has 1 aromatic heterocycles. The molecule has 0 aliphatic heterocycles. The third-order valence-corrected chi connectivity index (χ3v) is 3.23. The smallest absolute Gasteiger partial charge is 0.227 e. The Bertz CT molecular complexity index is 708.